The molecule has 10 heavy (non-hydrogen) atoms. The third kappa shape index (κ3) is 2.75. The molecule has 0 aromatic carbocycles. The molecule has 0 N–H and O–H groups in total. The molecule has 0 aliphatic heterocycles. The van der Waals surface area contributed by atoms with Crippen molar-refractivity contribution in [2.24, 2.45) is 5.92 Å². The van der Waals surface area contributed by atoms with E-state index in [1.807, 2.05) is 0 Å². The molecule has 0 radical (unpaired) electrons. The van der Waals surface area contributed by atoms with Crippen molar-refractivity contribution >= 4 is 5.97 Å². The van der Waals surface area contributed by atoms with Crippen LogP contribution >= 0.6 is 0 Å². The molecule has 1 atom stereocenters. The molecule has 0 rings (SSSR count). The second-order valence-electron chi connectivity index (χ2n) is 1.98. The van der Waals surface area contributed by atoms with Gasteiger partial charge in [-0.05, 0) is 12.8 Å². The maximum absolute atomic E-state index is 11.6. The van der Waals surface area contributed by atoms with E-state index in [9.17, 15) is 13.7 Å². The monoisotopic (exact) mass is 152 g/mol. The molecule has 0 aromatic heterocycles. The molecule has 0 aliphatic carbocycles. The third-order valence-electron chi connectivity index (χ3n) is 1.36. The highest BCUT2D eigenvalue weighted by atomic mass is 19.3. The zero-order valence-corrected chi connectivity index (χ0v) is 5.77. The van der Waals surface area contributed by atoms with Crippen molar-refractivity contribution in [2.75, 3.05) is 6.67 Å². The van der Waals surface area contributed by atoms with Gasteiger partial charge in [-0.15, -0.1) is 0 Å². The van der Waals surface area contributed by atoms with Crippen molar-refractivity contribution < 1.29 is 18.7 Å². The molecule has 0 aliphatic rings. The van der Waals surface area contributed by atoms with Gasteiger partial charge < -0.3 is 0 Å². The molecule has 0 fully saturated rings. The number of hydrogen-bond acceptors (Lipinski definition) is 2. The average Bonchev–Trinajstić information content (AvgIpc) is 1.99. The standard InChI is InChI=1S/C6H10F2O2/c1-2-5(3-4-7)6(9)10-8/h5H,2-4H2,1H3. The van der Waals surface area contributed by atoms with Crippen molar-refractivity contribution in [1.82, 2.24) is 0 Å². The zero-order valence-electron chi connectivity index (χ0n) is 5.77. The molecular formula is C6H10F2O2. The minimum absolute atomic E-state index is 0.0409. The van der Waals surface area contributed by atoms with Gasteiger partial charge in [0.2, 0.25) is 0 Å². The van der Waals surface area contributed by atoms with Gasteiger partial charge in [0.15, 0.2) is 0 Å². The summed E-state index contributed by atoms with van der Waals surface area (Å²) >= 11 is 0. The van der Waals surface area contributed by atoms with Gasteiger partial charge in [-0.25, -0.2) is 4.79 Å². The first-order valence-electron chi connectivity index (χ1n) is 3.14. The second kappa shape index (κ2) is 5.14. The predicted molar refractivity (Wildman–Crippen MR) is 31.6 cm³/mol. The van der Waals surface area contributed by atoms with Gasteiger partial charge in [0.25, 0.3) is 0 Å². The maximum Gasteiger partial charge on any atom is 0.351 e. The highest BCUT2D eigenvalue weighted by Gasteiger charge is 2.17. The van der Waals surface area contributed by atoms with Crippen LogP contribution in [0.4, 0.5) is 8.92 Å². The topological polar surface area (TPSA) is 26.3 Å². The zero-order chi connectivity index (χ0) is 7.98. The fourth-order valence-electron chi connectivity index (χ4n) is 0.683. The van der Waals surface area contributed by atoms with Gasteiger partial charge in [0, 0.05) is 4.53 Å². The summed E-state index contributed by atoms with van der Waals surface area (Å²) in [6, 6.07) is 0. The van der Waals surface area contributed by atoms with Crippen LogP contribution in [0, 0.1) is 5.92 Å². The Morgan fingerprint density at radius 1 is 1.70 bits per heavy atom. The maximum atomic E-state index is 11.6. The van der Waals surface area contributed by atoms with Gasteiger partial charge in [-0.2, -0.15) is 0 Å². The van der Waals surface area contributed by atoms with Crippen LogP contribution in [0.25, 0.3) is 0 Å². The largest absolute Gasteiger partial charge is 0.351 e. The van der Waals surface area contributed by atoms with Crippen molar-refractivity contribution in [3.05, 3.63) is 0 Å². The van der Waals surface area contributed by atoms with E-state index in [1.54, 1.807) is 6.92 Å². The Morgan fingerprint density at radius 3 is 2.60 bits per heavy atom. The van der Waals surface area contributed by atoms with Gasteiger partial charge in [-0.3, -0.25) is 9.33 Å². The van der Waals surface area contributed by atoms with Gasteiger partial charge in [0.1, 0.15) is 0 Å². The van der Waals surface area contributed by atoms with E-state index in [1.165, 1.54) is 0 Å². The predicted octanol–water partition coefficient (Wildman–Crippen LogP) is 1.80. The van der Waals surface area contributed by atoms with Gasteiger partial charge in [0.05, 0.1) is 12.6 Å². The number of alkyl halides is 1. The van der Waals surface area contributed by atoms with Crippen molar-refractivity contribution in [1.29, 1.82) is 0 Å². The van der Waals surface area contributed by atoms with E-state index in [4.69, 9.17) is 0 Å². The first kappa shape index (κ1) is 9.33. The van der Waals surface area contributed by atoms with Crippen LogP contribution in [0.2, 0.25) is 0 Å². The van der Waals surface area contributed by atoms with Crippen LogP contribution < -0.4 is 0 Å². The summed E-state index contributed by atoms with van der Waals surface area (Å²) in [4.78, 5) is 13.3. The Balaban J connectivity index is 3.68. The number of carbonyl (C=O) groups is 1. The van der Waals surface area contributed by atoms with E-state index in [0.717, 1.165) is 0 Å². The highest BCUT2D eigenvalue weighted by molar-refractivity contribution is 5.71. The number of halogens is 2. The van der Waals surface area contributed by atoms with E-state index in [0.29, 0.717) is 6.42 Å². The summed E-state index contributed by atoms with van der Waals surface area (Å²) < 4.78 is 22.8. The van der Waals surface area contributed by atoms with Crippen LogP contribution in [-0.2, 0) is 9.74 Å². The Labute approximate surface area is 58.1 Å². The number of rotatable bonds is 4. The van der Waals surface area contributed by atoms with Gasteiger partial charge >= 0.3 is 5.97 Å². The summed E-state index contributed by atoms with van der Waals surface area (Å²) in [7, 11) is 0. The number of hydrogen-bond donors (Lipinski definition) is 0. The summed E-state index contributed by atoms with van der Waals surface area (Å²) in [5, 5.41) is 0. The third-order valence-corrected chi connectivity index (χ3v) is 1.36. The molecule has 0 saturated heterocycles. The summed E-state index contributed by atoms with van der Waals surface area (Å²) in [5.41, 5.74) is 0. The molecule has 0 bridgehead atoms. The molecule has 1 unspecified atom stereocenters. The minimum Gasteiger partial charge on any atom is -0.255 e. The lowest BCUT2D eigenvalue weighted by Crippen LogP contribution is -2.14. The molecule has 2 nitrogen and oxygen atoms in total. The van der Waals surface area contributed by atoms with E-state index in [2.05, 4.69) is 4.94 Å². The van der Waals surface area contributed by atoms with Crippen LogP contribution in [0.3, 0.4) is 0 Å². The second-order valence-corrected chi connectivity index (χ2v) is 1.98. The van der Waals surface area contributed by atoms with Crippen LogP contribution in [-0.4, -0.2) is 12.6 Å². The van der Waals surface area contributed by atoms with Crippen molar-refractivity contribution in [2.45, 2.75) is 19.8 Å². The first-order chi connectivity index (χ1) is 4.76. The minimum atomic E-state index is -0.972. The summed E-state index contributed by atoms with van der Waals surface area (Å²) in [6.07, 6.45) is 0.450. The molecular weight excluding hydrogens is 142 g/mol. The highest BCUT2D eigenvalue weighted by Crippen LogP contribution is 2.10. The Hall–Kier alpha value is -0.670. The van der Waals surface area contributed by atoms with Crippen molar-refractivity contribution in [3.63, 3.8) is 0 Å². The first-order valence-corrected chi connectivity index (χ1v) is 3.14. The summed E-state index contributed by atoms with van der Waals surface area (Å²) in [6.45, 7) is 1.06. The lowest BCUT2D eigenvalue weighted by atomic mass is 10.0. The fourth-order valence-corrected chi connectivity index (χ4v) is 0.683. The van der Waals surface area contributed by atoms with Crippen LogP contribution in [0.5, 0.6) is 0 Å². The molecule has 0 saturated carbocycles. The number of carbonyl (C=O) groups excluding carboxylic acids is 1. The quantitative estimate of drug-likeness (QED) is 0.614. The lowest BCUT2D eigenvalue weighted by molar-refractivity contribution is -0.189. The fraction of sp³-hybridized carbons (Fsp3) is 0.833. The molecule has 4 heteroatoms. The molecule has 60 valence electrons. The van der Waals surface area contributed by atoms with Crippen molar-refractivity contribution in [3.8, 4) is 0 Å². The molecule has 0 heterocycles. The smallest absolute Gasteiger partial charge is 0.255 e. The van der Waals surface area contributed by atoms with E-state index < -0.39 is 18.6 Å². The molecule has 0 spiro atoms. The van der Waals surface area contributed by atoms with E-state index in [-0.39, 0.29) is 6.42 Å². The van der Waals surface area contributed by atoms with Crippen LogP contribution in [0.15, 0.2) is 0 Å². The average molecular weight is 152 g/mol. The van der Waals surface area contributed by atoms with Gasteiger partial charge in [-0.1, -0.05) is 6.92 Å². The van der Waals surface area contributed by atoms with Crippen LogP contribution in [0.1, 0.15) is 19.8 Å². The Kier molecular flexibility index (Phi) is 4.80. The molecule has 0 aromatic rings. The summed E-state index contributed by atoms with van der Waals surface area (Å²) in [5.74, 6) is -1.60. The normalized spacial score (nSPS) is 12.7. The SMILES string of the molecule is CCC(CCF)C(=O)OF. The Bertz CT molecular complexity index is 106. The Morgan fingerprint density at radius 2 is 2.30 bits per heavy atom. The molecule has 0 amide bonds. The lowest BCUT2D eigenvalue weighted by Gasteiger charge is -2.05. The van der Waals surface area contributed by atoms with E-state index >= 15 is 0 Å².